The molecule has 0 saturated carbocycles. The van der Waals surface area contributed by atoms with Gasteiger partial charge in [-0.15, -0.1) is 0 Å². The maximum absolute atomic E-state index is 6.08. The summed E-state index contributed by atoms with van der Waals surface area (Å²) in [7, 11) is 0. The van der Waals surface area contributed by atoms with Gasteiger partial charge in [0.1, 0.15) is 5.75 Å². The Morgan fingerprint density at radius 1 is 1.38 bits per heavy atom. The predicted octanol–water partition coefficient (Wildman–Crippen LogP) is 1.83. The van der Waals surface area contributed by atoms with Crippen molar-refractivity contribution in [1.29, 1.82) is 0 Å². The lowest BCUT2D eigenvalue weighted by Crippen LogP contribution is -2.24. The second-order valence-electron chi connectivity index (χ2n) is 3.49. The number of benzene rings is 1. The zero-order valence-corrected chi connectivity index (χ0v) is 10.4. The van der Waals surface area contributed by atoms with E-state index in [2.05, 4.69) is 5.32 Å². The van der Waals surface area contributed by atoms with Crippen LogP contribution in [0.3, 0.4) is 0 Å². The first kappa shape index (κ1) is 13.3. The fourth-order valence-electron chi connectivity index (χ4n) is 1.43. The summed E-state index contributed by atoms with van der Waals surface area (Å²) in [6, 6.07) is 5.92. The summed E-state index contributed by atoms with van der Waals surface area (Å²) in [6.07, 6.45) is 0.951. The lowest BCUT2D eigenvalue weighted by Gasteiger charge is -2.08. The van der Waals surface area contributed by atoms with Crippen molar-refractivity contribution in [1.82, 2.24) is 5.32 Å². The van der Waals surface area contributed by atoms with Crippen LogP contribution in [0.25, 0.3) is 0 Å². The molecule has 1 aromatic rings. The van der Waals surface area contributed by atoms with Gasteiger partial charge in [-0.25, -0.2) is 0 Å². The number of rotatable bonds is 7. The van der Waals surface area contributed by atoms with Crippen LogP contribution in [0.5, 0.6) is 5.75 Å². The smallest absolute Gasteiger partial charge is 0.137 e. The van der Waals surface area contributed by atoms with Crippen LogP contribution >= 0.6 is 11.6 Å². The Bertz CT molecular complexity index is 318. The second kappa shape index (κ2) is 7.49. The Kier molecular flexibility index (Phi) is 6.23. The molecule has 1 rings (SSSR count). The Morgan fingerprint density at radius 2 is 2.19 bits per heavy atom. The van der Waals surface area contributed by atoms with Crippen LogP contribution in [0.2, 0.25) is 5.02 Å². The van der Waals surface area contributed by atoms with Crippen molar-refractivity contribution in [3.63, 3.8) is 0 Å². The van der Waals surface area contributed by atoms with Crippen molar-refractivity contribution in [2.45, 2.75) is 13.3 Å². The molecule has 0 atom stereocenters. The van der Waals surface area contributed by atoms with Crippen molar-refractivity contribution in [2.75, 3.05) is 26.2 Å². The third-order valence-corrected chi connectivity index (χ3v) is 2.50. The molecule has 3 N–H and O–H groups in total. The van der Waals surface area contributed by atoms with Crippen LogP contribution in [0.4, 0.5) is 0 Å². The molecule has 0 aliphatic rings. The maximum atomic E-state index is 6.08. The highest BCUT2D eigenvalue weighted by Gasteiger charge is 2.02. The quantitative estimate of drug-likeness (QED) is 0.718. The van der Waals surface area contributed by atoms with Gasteiger partial charge in [-0.2, -0.15) is 0 Å². The fourth-order valence-corrected chi connectivity index (χ4v) is 1.69. The number of ether oxygens (including phenoxy) is 1. The van der Waals surface area contributed by atoms with Gasteiger partial charge in [0.15, 0.2) is 0 Å². The molecular formula is C12H19ClN2O. The Morgan fingerprint density at radius 3 is 2.81 bits per heavy atom. The summed E-state index contributed by atoms with van der Waals surface area (Å²) in [5.74, 6) is 0.753. The van der Waals surface area contributed by atoms with Crippen molar-refractivity contribution in [3.05, 3.63) is 28.8 Å². The number of nitrogens with two attached hydrogens (primary N) is 1. The third-order valence-electron chi connectivity index (χ3n) is 2.21. The molecule has 4 heteroatoms. The first-order valence-electron chi connectivity index (χ1n) is 5.60. The van der Waals surface area contributed by atoms with Gasteiger partial charge in [-0.3, -0.25) is 0 Å². The standard InChI is InChI=1S/C12H19ClN2O/c1-2-16-12-4-3-10(9-11(12)13)5-7-15-8-6-14/h3-4,9,15H,2,5-8,14H2,1H3. The highest BCUT2D eigenvalue weighted by atomic mass is 35.5. The molecule has 0 spiro atoms. The summed E-state index contributed by atoms with van der Waals surface area (Å²) in [5, 5.41) is 3.92. The van der Waals surface area contributed by atoms with Gasteiger partial charge in [-0.1, -0.05) is 17.7 Å². The highest BCUT2D eigenvalue weighted by molar-refractivity contribution is 6.32. The minimum Gasteiger partial charge on any atom is -0.492 e. The van der Waals surface area contributed by atoms with E-state index in [4.69, 9.17) is 22.1 Å². The number of hydrogen-bond donors (Lipinski definition) is 2. The molecule has 3 nitrogen and oxygen atoms in total. The maximum Gasteiger partial charge on any atom is 0.137 e. The Labute approximate surface area is 102 Å². The van der Waals surface area contributed by atoms with Crippen LogP contribution in [0, 0.1) is 0 Å². The van der Waals surface area contributed by atoms with Gasteiger partial charge in [0, 0.05) is 13.1 Å². The predicted molar refractivity (Wildman–Crippen MR) is 68.2 cm³/mol. The van der Waals surface area contributed by atoms with E-state index in [1.54, 1.807) is 0 Å². The minimum absolute atomic E-state index is 0.636. The van der Waals surface area contributed by atoms with Crippen LogP contribution in [-0.2, 0) is 6.42 Å². The molecule has 0 aliphatic heterocycles. The summed E-state index contributed by atoms with van der Waals surface area (Å²) in [5.41, 5.74) is 6.59. The highest BCUT2D eigenvalue weighted by Crippen LogP contribution is 2.25. The van der Waals surface area contributed by atoms with E-state index in [0.29, 0.717) is 18.2 Å². The average molecular weight is 243 g/mol. The average Bonchev–Trinajstić information content (AvgIpc) is 2.28. The van der Waals surface area contributed by atoms with E-state index in [1.165, 1.54) is 5.56 Å². The number of hydrogen-bond acceptors (Lipinski definition) is 3. The molecule has 0 amide bonds. The van der Waals surface area contributed by atoms with E-state index < -0.39 is 0 Å². The lowest BCUT2D eigenvalue weighted by molar-refractivity contribution is 0.340. The van der Waals surface area contributed by atoms with Gasteiger partial charge in [-0.05, 0) is 37.6 Å². The first-order chi connectivity index (χ1) is 7.77. The van der Waals surface area contributed by atoms with Crippen molar-refractivity contribution < 1.29 is 4.74 Å². The number of nitrogens with one attached hydrogen (secondary N) is 1. The monoisotopic (exact) mass is 242 g/mol. The molecule has 0 bridgehead atoms. The van der Waals surface area contributed by atoms with Gasteiger partial charge >= 0.3 is 0 Å². The zero-order valence-electron chi connectivity index (χ0n) is 9.63. The summed E-state index contributed by atoms with van der Waals surface area (Å²) in [6.45, 7) is 5.02. The molecule has 0 saturated heterocycles. The van der Waals surface area contributed by atoms with E-state index in [-0.39, 0.29) is 0 Å². The Balaban J connectivity index is 2.46. The van der Waals surface area contributed by atoms with Crippen LogP contribution < -0.4 is 15.8 Å². The Hall–Kier alpha value is -0.770. The van der Waals surface area contributed by atoms with E-state index >= 15 is 0 Å². The molecule has 1 aromatic carbocycles. The van der Waals surface area contributed by atoms with Crippen molar-refractivity contribution in [3.8, 4) is 5.75 Å². The molecule has 0 heterocycles. The summed E-state index contributed by atoms with van der Waals surface area (Å²) in [4.78, 5) is 0. The molecule has 0 radical (unpaired) electrons. The normalized spacial score (nSPS) is 10.4. The molecular weight excluding hydrogens is 224 g/mol. The van der Waals surface area contributed by atoms with E-state index in [0.717, 1.165) is 25.3 Å². The minimum atomic E-state index is 0.636. The SMILES string of the molecule is CCOc1ccc(CCNCCN)cc1Cl. The van der Waals surface area contributed by atoms with Crippen molar-refractivity contribution in [2.24, 2.45) is 5.73 Å². The largest absolute Gasteiger partial charge is 0.492 e. The van der Waals surface area contributed by atoms with E-state index in [9.17, 15) is 0 Å². The van der Waals surface area contributed by atoms with Crippen molar-refractivity contribution >= 4 is 11.6 Å². The first-order valence-corrected chi connectivity index (χ1v) is 5.97. The van der Waals surface area contributed by atoms with Crippen LogP contribution in [0.1, 0.15) is 12.5 Å². The summed E-state index contributed by atoms with van der Waals surface area (Å²) < 4.78 is 5.37. The van der Waals surface area contributed by atoms with Gasteiger partial charge in [0.05, 0.1) is 11.6 Å². The van der Waals surface area contributed by atoms with Gasteiger partial charge in [0.2, 0.25) is 0 Å². The van der Waals surface area contributed by atoms with Crippen LogP contribution in [0.15, 0.2) is 18.2 Å². The molecule has 90 valence electrons. The summed E-state index contributed by atoms with van der Waals surface area (Å²) >= 11 is 6.08. The third kappa shape index (κ3) is 4.39. The lowest BCUT2D eigenvalue weighted by atomic mass is 10.1. The van der Waals surface area contributed by atoms with Crippen LogP contribution in [-0.4, -0.2) is 26.2 Å². The van der Waals surface area contributed by atoms with E-state index in [1.807, 2.05) is 25.1 Å². The second-order valence-corrected chi connectivity index (χ2v) is 3.89. The molecule has 0 aromatic heterocycles. The van der Waals surface area contributed by atoms with Gasteiger partial charge in [0.25, 0.3) is 0 Å². The molecule has 0 unspecified atom stereocenters. The molecule has 0 aliphatic carbocycles. The zero-order chi connectivity index (χ0) is 11.8. The topological polar surface area (TPSA) is 47.3 Å². The molecule has 0 fully saturated rings. The number of halogens is 1. The molecule has 16 heavy (non-hydrogen) atoms. The fraction of sp³-hybridized carbons (Fsp3) is 0.500. The van der Waals surface area contributed by atoms with Gasteiger partial charge < -0.3 is 15.8 Å².